The molecule has 0 unspecified atom stereocenters. The minimum Gasteiger partial charge on any atom is -0.375 e. The largest absolute Gasteiger partial charge is 0.375 e. The first-order valence-corrected chi connectivity index (χ1v) is 7.02. The van der Waals surface area contributed by atoms with E-state index in [2.05, 4.69) is 34.4 Å². The van der Waals surface area contributed by atoms with Crippen molar-refractivity contribution in [2.45, 2.75) is 6.92 Å². The van der Waals surface area contributed by atoms with Crippen LogP contribution in [0.4, 0.5) is 5.69 Å². The smallest absolute Gasteiger partial charge is 0.236 e. The third kappa shape index (κ3) is 3.82. The Balaban J connectivity index is 1.97. The highest BCUT2D eigenvalue weighted by molar-refractivity contribution is 8.15. The molecule has 2 rings (SSSR count). The predicted molar refractivity (Wildman–Crippen MR) is 81.0 cm³/mol. The van der Waals surface area contributed by atoms with E-state index in [1.54, 1.807) is 6.21 Å². The lowest BCUT2D eigenvalue weighted by Crippen LogP contribution is -2.19. The van der Waals surface area contributed by atoms with Crippen LogP contribution >= 0.6 is 11.8 Å². The van der Waals surface area contributed by atoms with Gasteiger partial charge in [0.1, 0.15) is 0 Å². The second kappa shape index (κ2) is 6.38. The van der Waals surface area contributed by atoms with E-state index >= 15 is 0 Å². The van der Waals surface area contributed by atoms with Crippen LogP contribution in [0.5, 0.6) is 0 Å². The van der Waals surface area contributed by atoms with Gasteiger partial charge < -0.3 is 10.2 Å². The average molecular weight is 276 g/mol. The van der Waals surface area contributed by atoms with Crippen LogP contribution in [0.2, 0.25) is 0 Å². The molecule has 1 amide bonds. The average Bonchev–Trinajstić information content (AvgIpc) is 2.84. The highest BCUT2D eigenvalue weighted by Crippen LogP contribution is 2.12. The fourth-order valence-electron chi connectivity index (χ4n) is 1.52. The Labute approximate surface area is 116 Å². The van der Waals surface area contributed by atoms with Gasteiger partial charge in [-0.3, -0.25) is 4.79 Å². The molecule has 1 aromatic carbocycles. The third-order valence-corrected chi connectivity index (χ3v) is 3.61. The Hall–Kier alpha value is -1.82. The summed E-state index contributed by atoms with van der Waals surface area (Å²) in [5.74, 6) is 0.401. The lowest BCUT2D eigenvalue weighted by Gasteiger charge is -2.16. The molecule has 1 heterocycles. The molecule has 0 spiro atoms. The zero-order valence-electron chi connectivity index (χ0n) is 11.0. The van der Waals surface area contributed by atoms with Crippen molar-refractivity contribution in [3.63, 3.8) is 0 Å². The minimum atomic E-state index is -0.0223. The molecule has 6 heteroatoms. The van der Waals surface area contributed by atoms with Crippen molar-refractivity contribution < 1.29 is 4.79 Å². The maximum atomic E-state index is 10.9. The van der Waals surface area contributed by atoms with Crippen molar-refractivity contribution in [1.82, 2.24) is 5.32 Å². The molecule has 0 aromatic heterocycles. The highest BCUT2D eigenvalue weighted by atomic mass is 32.2. The van der Waals surface area contributed by atoms with Crippen LogP contribution in [0, 0.1) is 0 Å². The number of hydrogen-bond acceptors (Lipinski definition) is 5. The number of amidine groups is 1. The van der Waals surface area contributed by atoms with Gasteiger partial charge in [-0.15, -0.1) is 5.10 Å². The van der Waals surface area contributed by atoms with Crippen LogP contribution < -0.4 is 10.2 Å². The molecular weight excluding hydrogens is 260 g/mol. The van der Waals surface area contributed by atoms with Gasteiger partial charge in [0, 0.05) is 19.3 Å². The number of thioether (sulfide) groups is 1. The molecule has 1 fully saturated rings. The molecule has 0 saturated carbocycles. The van der Waals surface area contributed by atoms with E-state index in [1.807, 2.05) is 24.3 Å². The molecule has 5 nitrogen and oxygen atoms in total. The Bertz CT molecular complexity index is 510. The molecule has 1 aliphatic rings. The number of nitrogens with one attached hydrogen (secondary N) is 1. The van der Waals surface area contributed by atoms with Gasteiger partial charge in [0.25, 0.3) is 0 Å². The molecule has 0 atom stereocenters. The summed E-state index contributed by atoms with van der Waals surface area (Å²) in [6.45, 7) is 3.08. The highest BCUT2D eigenvalue weighted by Gasteiger charge is 2.15. The SMILES string of the molecule is CCN(C)c1ccc(C=NN=C2NC(=O)CS2)cc1. The first-order chi connectivity index (χ1) is 9.19. The summed E-state index contributed by atoms with van der Waals surface area (Å²) in [6, 6.07) is 8.07. The first kappa shape index (κ1) is 13.6. The quantitative estimate of drug-likeness (QED) is 0.672. The normalized spacial score (nSPS) is 17.2. The summed E-state index contributed by atoms with van der Waals surface area (Å²) < 4.78 is 0. The summed E-state index contributed by atoms with van der Waals surface area (Å²) in [4.78, 5) is 13.1. The van der Waals surface area contributed by atoms with Crippen LogP contribution in [0.3, 0.4) is 0 Å². The maximum Gasteiger partial charge on any atom is 0.236 e. The molecule has 19 heavy (non-hydrogen) atoms. The van der Waals surface area contributed by atoms with Crippen molar-refractivity contribution in [2.24, 2.45) is 10.2 Å². The zero-order valence-corrected chi connectivity index (χ0v) is 11.8. The van der Waals surface area contributed by atoms with Gasteiger partial charge in [-0.25, -0.2) is 0 Å². The van der Waals surface area contributed by atoms with Gasteiger partial charge >= 0.3 is 0 Å². The van der Waals surface area contributed by atoms with E-state index in [0.29, 0.717) is 10.9 Å². The van der Waals surface area contributed by atoms with Gasteiger partial charge in [0.05, 0.1) is 12.0 Å². The fourth-order valence-corrected chi connectivity index (χ4v) is 2.16. The molecule has 0 radical (unpaired) electrons. The van der Waals surface area contributed by atoms with Crippen LogP contribution in [0.25, 0.3) is 0 Å². The lowest BCUT2D eigenvalue weighted by molar-refractivity contribution is -0.116. The Morgan fingerprint density at radius 2 is 2.16 bits per heavy atom. The Morgan fingerprint density at radius 3 is 2.74 bits per heavy atom. The molecule has 100 valence electrons. The molecule has 1 saturated heterocycles. The summed E-state index contributed by atoms with van der Waals surface area (Å²) in [5, 5.41) is 11.1. The second-order valence-corrected chi connectivity index (χ2v) is 5.06. The van der Waals surface area contributed by atoms with E-state index in [1.165, 1.54) is 17.4 Å². The zero-order chi connectivity index (χ0) is 13.7. The van der Waals surface area contributed by atoms with E-state index in [0.717, 1.165) is 12.1 Å². The van der Waals surface area contributed by atoms with E-state index in [4.69, 9.17) is 0 Å². The standard InChI is InChI=1S/C13H16N4OS/c1-3-17(2)11-6-4-10(5-7-11)8-14-16-13-15-12(18)9-19-13/h4-8H,3,9H2,1-2H3,(H,15,16,18). The molecule has 0 bridgehead atoms. The molecule has 1 aliphatic heterocycles. The molecule has 1 N–H and O–H groups in total. The van der Waals surface area contributed by atoms with Gasteiger partial charge in [-0.1, -0.05) is 23.9 Å². The third-order valence-electron chi connectivity index (χ3n) is 2.75. The van der Waals surface area contributed by atoms with E-state index in [9.17, 15) is 4.79 Å². The van der Waals surface area contributed by atoms with Gasteiger partial charge in [0.15, 0.2) is 5.17 Å². The summed E-state index contributed by atoms with van der Waals surface area (Å²) in [7, 11) is 2.05. The number of amides is 1. The monoisotopic (exact) mass is 276 g/mol. The number of nitrogens with zero attached hydrogens (tertiary/aromatic N) is 3. The van der Waals surface area contributed by atoms with Crippen molar-refractivity contribution in [3.05, 3.63) is 29.8 Å². The Morgan fingerprint density at radius 1 is 1.42 bits per heavy atom. The minimum absolute atomic E-state index is 0.0223. The van der Waals surface area contributed by atoms with Crippen molar-refractivity contribution in [1.29, 1.82) is 0 Å². The number of rotatable bonds is 4. The number of hydrogen-bond donors (Lipinski definition) is 1. The van der Waals surface area contributed by atoms with Crippen molar-refractivity contribution >= 4 is 34.7 Å². The molecule has 0 aliphatic carbocycles. The first-order valence-electron chi connectivity index (χ1n) is 6.04. The Kier molecular flexibility index (Phi) is 4.57. The number of benzene rings is 1. The fraction of sp³-hybridized carbons (Fsp3) is 0.308. The van der Waals surface area contributed by atoms with Gasteiger partial charge in [-0.2, -0.15) is 5.10 Å². The molecule has 1 aromatic rings. The topological polar surface area (TPSA) is 57.1 Å². The summed E-state index contributed by atoms with van der Waals surface area (Å²) in [6.07, 6.45) is 1.67. The van der Waals surface area contributed by atoms with Crippen molar-refractivity contribution in [2.75, 3.05) is 24.2 Å². The van der Waals surface area contributed by atoms with E-state index in [-0.39, 0.29) is 5.91 Å². The molecular formula is C13H16N4OS. The number of carbonyl (C=O) groups is 1. The lowest BCUT2D eigenvalue weighted by atomic mass is 10.2. The van der Waals surface area contributed by atoms with Crippen LogP contribution in [-0.4, -0.2) is 36.6 Å². The van der Waals surface area contributed by atoms with Gasteiger partial charge in [-0.05, 0) is 24.6 Å². The second-order valence-electron chi connectivity index (χ2n) is 4.09. The number of anilines is 1. The van der Waals surface area contributed by atoms with Crippen LogP contribution in [0.15, 0.2) is 34.5 Å². The van der Waals surface area contributed by atoms with E-state index < -0.39 is 0 Å². The summed E-state index contributed by atoms with van der Waals surface area (Å²) >= 11 is 1.36. The van der Waals surface area contributed by atoms with Crippen LogP contribution in [0.1, 0.15) is 12.5 Å². The van der Waals surface area contributed by atoms with Crippen LogP contribution in [-0.2, 0) is 4.79 Å². The predicted octanol–water partition coefficient (Wildman–Crippen LogP) is 1.70. The maximum absolute atomic E-state index is 10.9. The summed E-state index contributed by atoms with van der Waals surface area (Å²) in [5.41, 5.74) is 2.15. The van der Waals surface area contributed by atoms with Gasteiger partial charge in [0.2, 0.25) is 5.91 Å². The van der Waals surface area contributed by atoms with Crippen molar-refractivity contribution in [3.8, 4) is 0 Å². The number of carbonyl (C=O) groups excluding carboxylic acids is 1.